The maximum Gasteiger partial charge on any atom is 0.0508 e. The lowest BCUT2D eigenvalue weighted by atomic mass is 10.0. The Hall–Kier alpha value is -1.42. The van der Waals surface area contributed by atoms with Gasteiger partial charge in [0.15, 0.2) is 0 Å². The van der Waals surface area contributed by atoms with Gasteiger partial charge in [0.2, 0.25) is 0 Å². The summed E-state index contributed by atoms with van der Waals surface area (Å²) in [4.78, 5) is 4.89. The van der Waals surface area contributed by atoms with Crippen LogP contribution in [0.25, 0.3) is 22.2 Å². The molecule has 0 atom stereocenters. The van der Waals surface area contributed by atoms with Gasteiger partial charge in [-0.1, -0.05) is 29.8 Å². The summed E-state index contributed by atoms with van der Waals surface area (Å²) in [6.07, 6.45) is 5.25. The minimum absolute atomic E-state index is 0.736. The van der Waals surface area contributed by atoms with Crippen LogP contribution in [0.4, 0.5) is 0 Å². The molecule has 1 aromatic heterocycles. The summed E-state index contributed by atoms with van der Waals surface area (Å²) in [6.45, 7) is 0.736. The average Bonchev–Trinajstić information content (AvgIpc) is 2.93. The van der Waals surface area contributed by atoms with E-state index in [1.807, 2.05) is 6.07 Å². The number of halogens is 1. The third kappa shape index (κ3) is 3.42. The Bertz CT molecular complexity index is 810. The van der Waals surface area contributed by atoms with Crippen LogP contribution in [-0.2, 0) is 6.42 Å². The standard InChI is InChI=1S/C19H21ClN2S/c1-23-18-8-3-2-7-15(18)19-14(6-4-5-11-21)16-12-13(20)9-10-17(16)22-19/h2-3,7-10,12,22H,4-6,11,21H2,1H3. The number of aryl methyl sites for hydroxylation is 1. The van der Waals surface area contributed by atoms with Crippen LogP contribution in [0.1, 0.15) is 18.4 Å². The van der Waals surface area contributed by atoms with Crippen molar-refractivity contribution in [3.63, 3.8) is 0 Å². The zero-order valence-electron chi connectivity index (χ0n) is 13.2. The van der Waals surface area contributed by atoms with Crippen LogP contribution in [0.3, 0.4) is 0 Å². The molecular weight excluding hydrogens is 324 g/mol. The normalized spacial score (nSPS) is 11.3. The van der Waals surface area contributed by atoms with Crippen LogP contribution < -0.4 is 5.73 Å². The second-order valence-corrected chi connectivity index (χ2v) is 6.90. The van der Waals surface area contributed by atoms with Gasteiger partial charge in [-0.2, -0.15) is 0 Å². The van der Waals surface area contributed by atoms with Gasteiger partial charge in [0.05, 0.1) is 5.69 Å². The zero-order valence-corrected chi connectivity index (χ0v) is 14.8. The summed E-state index contributed by atoms with van der Waals surface area (Å²) in [6, 6.07) is 14.6. The molecule has 23 heavy (non-hydrogen) atoms. The van der Waals surface area contributed by atoms with Gasteiger partial charge >= 0.3 is 0 Å². The molecule has 0 fully saturated rings. The summed E-state index contributed by atoms with van der Waals surface area (Å²) in [5.74, 6) is 0. The molecule has 0 radical (unpaired) electrons. The van der Waals surface area contributed by atoms with E-state index in [-0.39, 0.29) is 0 Å². The van der Waals surface area contributed by atoms with Crippen LogP contribution >= 0.6 is 23.4 Å². The van der Waals surface area contributed by atoms with Gasteiger partial charge in [0.1, 0.15) is 0 Å². The first-order valence-electron chi connectivity index (χ1n) is 7.88. The molecule has 2 nitrogen and oxygen atoms in total. The highest BCUT2D eigenvalue weighted by Gasteiger charge is 2.15. The summed E-state index contributed by atoms with van der Waals surface area (Å²) in [5.41, 5.74) is 10.6. The van der Waals surface area contributed by atoms with Crippen LogP contribution in [0.5, 0.6) is 0 Å². The molecule has 0 unspecified atom stereocenters. The number of H-pyrrole nitrogens is 1. The smallest absolute Gasteiger partial charge is 0.0508 e. The Balaban J connectivity index is 2.16. The van der Waals surface area contributed by atoms with E-state index in [1.165, 1.54) is 27.1 Å². The monoisotopic (exact) mass is 344 g/mol. The van der Waals surface area contributed by atoms with Crippen molar-refractivity contribution in [3.8, 4) is 11.3 Å². The van der Waals surface area contributed by atoms with Crippen molar-refractivity contribution in [1.82, 2.24) is 4.98 Å². The first-order valence-corrected chi connectivity index (χ1v) is 9.48. The van der Waals surface area contributed by atoms with E-state index in [4.69, 9.17) is 17.3 Å². The Morgan fingerprint density at radius 2 is 1.96 bits per heavy atom. The molecule has 0 aliphatic carbocycles. The van der Waals surface area contributed by atoms with E-state index in [0.717, 1.165) is 36.3 Å². The van der Waals surface area contributed by atoms with Crippen molar-refractivity contribution >= 4 is 34.3 Å². The van der Waals surface area contributed by atoms with E-state index in [0.29, 0.717) is 0 Å². The van der Waals surface area contributed by atoms with Gasteiger partial charge in [0.25, 0.3) is 0 Å². The number of hydrogen-bond acceptors (Lipinski definition) is 2. The van der Waals surface area contributed by atoms with Gasteiger partial charge in [-0.15, -0.1) is 11.8 Å². The van der Waals surface area contributed by atoms with Gasteiger partial charge in [-0.25, -0.2) is 0 Å². The lowest BCUT2D eigenvalue weighted by Gasteiger charge is -2.09. The number of nitrogens with one attached hydrogen (secondary N) is 1. The largest absolute Gasteiger partial charge is 0.354 e. The van der Waals surface area contributed by atoms with E-state index >= 15 is 0 Å². The molecule has 0 spiro atoms. The molecule has 3 N–H and O–H groups in total. The fourth-order valence-electron chi connectivity index (χ4n) is 3.01. The number of aromatic nitrogens is 1. The van der Waals surface area contributed by atoms with Gasteiger partial charge < -0.3 is 10.7 Å². The topological polar surface area (TPSA) is 41.8 Å². The van der Waals surface area contributed by atoms with Crippen molar-refractivity contribution in [2.75, 3.05) is 12.8 Å². The van der Waals surface area contributed by atoms with Crippen molar-refractivity contribution in [2.45, 2.75) is 24.2 Å². The van der Waals surface area contributed by atoms with Crippen LogP contribution in [0.15, 0.2) is 47.4 Å². The van der Waals surface area contributed by atoms with E-state index in [9.17, 15) is 0 Å². The number of aromatic amines is 1. The molecule has 0 saturated carbocycles. The van der Waals surface area contributed by atoms with Crippen LogP contribution in [-0.4, -0.2) is 17.8 Å². The molecule has 3 aromatic rings. The van der Waals surface area contributed by atoms with Gasteiger partial charge in [0, 0.05) is 26.4 Å². The van der Waals surface area contributed by atoms with Crippen LogP contribution in [0, 0.1) is 0 Å². The van der Waals surface area contributed by atoms with Gasteiger partial charge in [-0.05, 0) is 61.9 Å². The Morgan fingerprint density at radius 1 is 1.13 bits per heavy atom. The number of nitrogens with two attached hydrogens (primary N) is 1. The zero-order chi connectivity index (χ0) is 16.2. The molecule has 0 aliphatic heterocycles. The molecule has 120 valence electrons. The minimum Gasteiger partial charge on any atom is -0.354 e. The molecule has 0 aliphatic rings. The quantitative estimate of drug-likeness (QED) is 0.458. The number of rotatable bonds is 6. The Kier molecular flexibility index (Phi) is 5.31. The predicted molar refractivity (Wildman–Crippen MR) is 103 cm³/mol. The summed E-state index contributed by atoms with van der Waals surface area (Å²) >= 11 is 8.00. The molecule has 0 amide bonds. The van der Waals surface area contributed by atoms with E-state index in [2.05, 4.69) is 47.6 Å². The molecular formula is C19H21ClN2S. The number of benzene rings is 2. The third-order valence-corrected chi connectivity index (χ3v) is 5.16. The van der Waals surface area contributed by atoms with Crippen molar-refractivity contribution in [1.29, 1.82) is 0 Å². The lowest BCUT2D eigenvalue weighted by molar-refractivity contribution is 0.748. The SMILES string of the molecule is CSc1ccccc1-c1[nH]c2ccc(Cl)cc2c1CCCCN. The fourth-order valence-corrected chi connectivity index (χ4v) is 3.78. The fraction of sp³-hybridized carbons (Fsp3) is 0.263. The van der Waals surface area contributed by atoms with Gasteiger partial charge in [-0.3, -0.25) is 0 Å². The molecule has 0 bridgehead atoms. The first kappa shape index (κ1) is 16.4. The number of unbranched alkanes of at least 4 members (excludes halogenated alkanes) is 1. The molecule has 3 rings (SSSR count). The highest BCUT2D eigenvalue weighted by molar-refractivity contribution is 7.98. The maximum atomic E-state index is 6.23. The Morgan fingerprint density at radius 3 is 2.74 bits per heavy atom. The van der Waals surface area contributed by atoms with E-state index in [1.54, 1.807) is 11.8 Å². The first-order chi connectivity index (χ1) is 11.2. The average molecular weight is 345 g/mol. The second-order valence-electron chi connectivity index (χ2n) is 5.61. The molecule has 2 aromatic carbocycles. The summed E-state index contributed by atoms with van der Waals surface area (Å²) in [7, 11) is 0. The Labute approximate surface area is 146 Å². The molecule has 0 saturated heterocycles. The highest BCUT2D eigenvalue weighted by Crippen LogP contribution is 2.37. The minimum atomic E-state index is 0.736. The summed E-state index contributed by atoms with van der Waals surface area (Å²) < 4.78 is 0. The van der Waals surface area contributed by atoms with E-state index < -0.39 is 0 Å². The number of hydrogen-bond donors (Lipinski definition) is 2. The van der Waals surface area contributed by atoms with Crippen molar-refractivity contribution in [3.05, 3.63) is 53.1 Å². The van der Waals surface area contributed by atoms with Crippen LogP contribution in [0.2, 0.25) is 5.02 Å². The lowest BCUT2D eigenvalue weighted by Crippen LogP contribution is -1.99. The molecule has 4 heteroatoms. The highest BCUT2D eigenvalue weighted by atomic mass is 35.5. The van der Waals surface area contributed by atoms with Crippen molar-refractivity contribution in [2.24, 2.45) is 5.73 Å². The number of thioether (sulfide) groups is 1. The maximum absolute atomic E-state index is 6.23. The number of fused-ring (bicyclic) bond motifs is 1. The second kappa shape index (κ2) is 7.43. The van der Waals surface area contributed by atoms with Crippen molar-refractivity contribution < 1.29 is 0 Å². The third-order valence-electron chi connectivity index (χ3n) is 4.13. The summed E-state index contributed by atoms with van der Waals surface area (Å²) in [5, 5.41) is 2.00. The predicted octanol–water partition coefficient (Wildman–Crippen LogP) is 5.49. The molecule has 1 heterocycles.